The third-order valence-corrected chi connectivity index (χ3v) is 3.61. The molecule has 0 radical (unpaired) electrons. The summed E-state index contributed by atoms with van der Waals surface area (Å²) in [6.45, 7) is 2.61. The molecule has 0 amide bonds. The maximum absolute atomic E-state index is 13.7. The Kier molecular flexibility index (Phi) is 3.36. The van der Waals surface area contributed by atoms with Crippen molar-refractivity contribution in [2.45, 2.75) is 13.5 Å². The lowest BCUT2D eigenvalue weighted by molar-refractivity contribution is 0.601. The highest BCUT2D eigenvalue weighted by molar-refractivity contribution is 7.13. The monoisotopic (exact) mass is 235 g/mol. The van der Waals surface area contributed by atoms with Gasteiger partial charge in [-0.15, -0.1) is 11.3 Å². The SMILES string of the molecule is CNCc1ccc(-c2sccc2C)cc1F. The highest BCUT2D eigenvalue weighted by atomic mass is 32.1. The van der Waals surface area contributed by atoms with E-state index in [1.54, 1.807) is 17.4 Å². The Balaban J connectivity index is 2.38. The molecule has 16 heavy (non-hydrogen) atoms. The summed E-state index contributed by atoms with van der Waals surface area (Å²) >= 11 is 1.65. The molecule has 2 rings (SSSR count). The zero-order valence-corrected chi connectivity index (χ0v) is 10.2. The average Bonchev–Trinajstić information content (AvgIpc) is 2.68. The minimum Gasteiger partial charge on any atom is -0.316 e. The van der Waals surface area contributed by atoms with Gasteiger partial charge in [0.25, 0.3) is 0 Å². The highest BCUT2D eigenvalue weighted by Crippen LogP contribution is 2.29. The molecule has 0 saturated heterocycles. The third-order valence-electron chi connectivity index (χ3n) is 2.54. The smallest absolute Gasteiger partial charge is 0.128 e. The second kappa shape index (κ2) is 4.76. The molecule has 1 nitrogen and oxygen atoms in total. The Hall–Kier alpha value is -1.19. The first kappa shape index (κ1) is 11.3. The minimum atomic E-state index is -0.139. The van der Waals surface area contributed by atoms with Gasteiger partial charge in [-0.1, -0.05) is 12.1 Å². The van der Waals surface area contributed by atoms with Crippen LogP contribution in [0.1, 0.15) is 11.1 Å². The number of hydrogen-bond donors (Lipinski definition) is 1. The average molecular weight is 235 g/mol. The summed E-state index contributed by atoms with van der Waals surface area (Å²) in [6.07, 6.45) is 0. The van der Waals surface area contributed by atoms with Gasteiger partial charge in [-0.2, -0.15) is 0 Å². The summed E-state index contributed by atoms with van der Waals surface area (Å²) in [5.74, 6) is -0.139. The van der Waals surface area contributed by atoms with E-state index in [1.807, 2.05) is 31.5 Å². The Morgan fingerprint density at radius 2 is 2.12 bits per heavy atom. The first-order valence-electron chi connectivity index (χ1n) is 5.20. The second-order valence-corrected chi connectivity index (χ2v) is 4.69. The van der Waals surface area contributed by atoms with Crippen molar-refractivity contribution >= 4 is 11.3 Å². The quantitative estimate of drug-likeness (QED) is 0.857. The van der Waals surface area contributed by atoms with E-state index in [-0.39, 0.29) is 5.82 Å². The van der Waals surface area contributed by atoms with E-state index in [4.69, 9.17) is 0 Å². The second-order valence-electron chi connectivity index (χ2n) is 3.77. The van der Waals surface area contributed by atoms with Gasteiger partial charge in [-0.3, -0.25) is 0 Å². The maximum Gasteiger partial charge on any atom is 0.128 e. The van der Waals surface area contributed by atoms with E-state index >= 15 is 0 Å². The van der Waals surface area contributed by atoms with Crippen molar-refractivity contribution in [3.05, 3.63) is 46.6 Å². The number of benzene rings is 1. The van der Waals surface area contributed by atoms with Crippen LogP contribution in [0.4, 0.5) is 4.39 Å². The van der Waals surface area contributed by atoms with E-state index in [0.717, 1.165) is 10.4 Å². The fourth-order valence-electron chi connectivity index (χ4n) is 1.69. The van der Waals surface area contributed by atoms with E-state index in [0.29, 0.717) is 12.1 Å². The van der Waals surface area contributed by atoms with Crippen LogP contribution in [0.25, 0.3) is 10.4 Å². The molecule has 0 aliphatic carbocycles. The zero-order chi connectivity index (χ0) is 11.5. The molecule has 0 unspecified atom stereocenters. The summed E-state index contributed by atoms with van der Waals surface area (Å²) in [4.78, 5) is 1.15. The largest absolute Gasteiger partial charge is 0.316 e. The number of halogens is 1. The molecule has 0 fully saturated rings. The summed E-state index contributed by atoms with van der Waals surface area (Å²) < 4.78 is 13.7. The van der Waals surface area contributed by atoms with Crippen LogP contribution in [0.5, 0.6) is 0 Å². The molecule has 0 aliphatic rings. The van der Waals surface area contributed by atoms with Gasteiger partial charge in [0.15, 0.2) is 0 Å². The Labute approximate surface area is 98.9 Å². The van der Waals surface area contributed by atoms with Crippen molar-refractivity contribution in [1.29, 1.82) is 0 Å². The van der Waals surface area contributed by atoms with Gasteiger partial charge < -0.3 is 5.32 Å². The molecule has 0 saturated carbocycles. The van der Waals surface area contributed by atoms with Crippen LogP contribution < -0.4 is 5.32 Å². The van der Waals surface area contributed by atoms with Crippen LogP contribution in [0, 0.1) is 12.7 Å². The molecule has 0 aliphatic heterocycles. The minimum absolute atomic E-state index is 0.139. The molecule has 84 valence electrons. The van der Waals surface area contributed by atoms with E-state index in [1.165, 1.54) is 5.56 Å². The molecule has 2 aromatic rings. The van der Waals surface area contributed by atoms with E-state index in [9.17, 15) is 4.39 Å². The van der Waals surface area contributed by atoms with Crippen LogP contribution >= 0.6 is 11.3 Å². The molecule has 1 aromatic heterocycles. The van der Waals surface area contributed by atoms with Crippen molar-refractivity contribution in [2.75, 3.05) is 7.05 Å². The van der Waals surface area contributed by atoms with Crippen LogP contribution in [-0.2, 0) is 6.54 Å². The predicted molar refractivity (Wildman–Crippen MR) is 67.2 cm³/mol. The van der Waals surface area contributed by atoms with Gasteiger partial charge in [-0.05, 0) is 42.6 Å². The molecule has 3 heteroatoms. The molecule has 0 atom stereocenters. The molecular formula is C13H14FNS. The molecule has 0 bridgehead atoms. The van der Waals surface area contributed by atoms with Crippen molar-refractivity contribution in [2.24, 2.45) is 0 Å². The number of thiophene rings is 1. The zero-order valence-electron chi connectivity index (χ0n) is 9.38. The predicted octanol–water partition coefficient (Wildman–Crippen LogP) is 3.58. The van der Waals surface area contributed by atoms with Gasteiger partial charge in [0.1, 0.15) is 5.82 Å². The van der Waals surface area contributed by atoms with Crippen LogP contribution in [0.2, 0.25) is 0 Å². The summed E-state index contributed by atoms with van der Waals surface area (Å²) in [7, 11) is 1.82. The summed E-state index contributed by atoms with van der Waals surface area (Å²) in [5, 5.41) is 4.98. The fourth-order valence-corrected chi connectivity index (χ4v) is 2.62. The molecule has 1 aromatic carbocycles. The standard InChI is InChI=1S/C13H14FNS/c1-9-5-6-16-13(9)10-3-4-11(8-15-2)12(14)7-10/h3-7,15H,8H2,1-2H3. The van der Waals surface area contributed by atoms with Crippen LogP contribution in [0.15, 0.2) is 29.6 Å². The maximum atomic E-state index is 13.7. The Morgan fingerprint density at radius 1 is 1.31 bits per heavy atom. The van der Waals surface area contributed by atoms with Crippen LogP contribution in [-0.4, -0.2) is 7.05 Å². The van der Waals surface area contributed by atoms with Crippen molar-refractivity contribution in [3.8, 4) is 10.4 Å². The van der Waals surface area contributed by atoms with Crippen LogP contribution in [0.3, 0.4) is 0 Å². The van der Waals surface area contributed by atoms with Crippen molar-refractivity contribution < 1.29 is 4.39 Å². The van der Waals surface area contributed by atoms with Crippen molar-refractivity contribution in [3.63, 3.8) is 0 Å². The summed E-state index contributed by atoms with van der Waals surface area (Å²) in [6, 6.07) is 7.50. The third kappa shape index (κ3) is 2.15. The Morgan fingerprint density at radius 3 is 2.69 bits per heavy atom. The lowest BCUT2D eigenvalue weighted by Gasteiger charge is -2.05. The molecule has 0 spiro atoms. The van der Waals surface area contributed by atoms with E-state index < -0.39 is 0 Å². The number of aryl methyl sites for hydroxylation is 1. The number of rotatable bonds is 3. The van der Waals surface area contributed by atoms with Gasteiger partial charge >= 0.3 is 0 Å². The fraction of sp³-hybridized carbons (Fsp3) is 0.231. The lowest BCUT2D eigenvalue weighted by atomic mass is 10.1. The van der Waals surface area contributed by atoms with Gasteiger partial charge in [0.2, 0.25) is 0 Å². The van der Waals surface area contributed by atoms with Gasteiger partial charge in [0, 0.05) is 17.0 Å². The topological polar surface area (TPSA) is 12.0 Å². The number of nitrogens with one attached hydrogen (secondary N) is 1. The molecule has 1 heterocycles. The van der Waals surface area contributed by atoms with Crippen molar-refractivity contribution in [1.82, 2.24) is 5.32 Å². The highest BCUT2D eigenvalue weighted by Gasteiger charge is 2.07. The first-order chi connectivity index (χ1) is 7.72. The molecular weight excluding hydrogens is 221 g/mol. The number of hydrogen-bond acceptors (Lipinski definition) is 2. The lowest BCUT2D eigenvalue weighted by Crippen LogP contribution is -2.06. The van der Waals surface area contributed by atoms with Gasteiger partial charge in [0.05, 0.1) is 0 Å². The first-order valence-corrected chi connectivity index (χ1v) is 6.08. The summed E-state index contributed by atoms with van der Waals surface area (Å²) in [5.41, 5.74) is 2.87. The molecule has 1 N–H and O–H groups in total. The normalized spacial score (nSPS) is 10.7. The Bertz CT molecular complexity index is 490. The van der Waals surface area contributed by atoms with Gasteiger partial charge in [-0.25, -0.2) is 4.39 Å². The van der Waals surface area contributed by atoms with E-state index in [2.05, 4.69) is 11.4 Å².